The molecule has 1 aromatic carbocycles. The number of nitrogens with one attached hydrogen (secondary N) is 2. The summed E-state index contributed by atoms with van der Waals surface area (Å²) in [7, 11) is 1.81. The van der Waals surface area contributed by atoms with Gasteiger partial charge < -0.3 is 10.6 Å². The van der Waals surface area contributed by atoms with E-state index in [9.17, 15) is 0 Å². The lowest BCUT2D eigenvalue weighted by molar-refractivity contribution is 0.632. The fourth-order valence-electron chi connectivity index (χ4n) is 2.57. The SMILES string of the molecule is CN=C(NCCc1csc(-c2ccccc2)n1)NC1CC=CC1.I. The maximum absolute atomic E-state index is 4.71. The zero-order valence-electron chi connectivity index (χ0n) is 13.7. The van der Waals surface area contributed by atoms with Gasteiger partial charge >= 0.3 is 0 Å². The maximum atomic E-state index is 4.71. The highest BCUT2D eigenvalue weighted by atomic mass is 127. The Balaban J connectivity index is 0.00000208. The summed E-state index contributed by atoms with van der Waals surface area (Å²) in [5.41, 5.74) is 2.31. The first-order valence-corrected chi connectivity index (χ1v) is 8.85. The summed E-state index contributed by atoms with van der Waals surface area (Å²) in [5.74, 6) is 0.872. The number of benzene rings is 1. The van der Waals surface area contributed by atoms with Crippen molar-refractivity contribution in [2.24, 2.45) is 4.99 Å². The van der Waals surface area contributed by atoms with Gasteiger partial charge in [0.15, 0.2) is 5.96 Å². The van der Waals surface area contributed by atoms with E-state index < -0.39 is 0 Å². The van der Waals surface area contributed by atoms with Crippen LogP contribution in [0.25, 0.3) is 10.6 Å². The van der Waals surface area contributed by atoms with E-state index in [2.05, 4.69) is 45.3 Å². The highest BCUT2D eigenvalue weighted by Crippen LogP contribution is 2.23. The molecule has 3 rings (SSSR count). The van der Waals surface area contributed by atoms with Crippen molar-refractivity contribution in [1.82, 2.24) is 15.6 Å². The number of rotatable bonds is 5. The van der Waals surface area contributed by atoms with E-state index in [4.69, 9.17) is 4.98 Å². The van der Waals surface area contributed by atoms with Crippen LogP contribution in [0.4, 0.5) is 0 Å². The highest BCUT2D eigenvalue weighted by Gasteiger charge is 2.11. The quantitative estimate of drug-likeness (QED) is 0.312. The van der Waals surface area contributed by atoms with Gasteiger partial charge in [-0.25, -0.2) is 4.98 Å². The first-order valence-electron chi connectivity index (χ1n) is 7.97. The molecule has 0 radical (unpaired) electrons. The fourth-order valence-corrected chi connectivity index (χ4v) is 3.43. The summed E-state index contributed by atoms with van der Waals surface area (Å²) < 4.78 is 0. The average molecular weight is 454 g/mol. The zero-order valence-corrected chi connectivity index (χ0v) is 16.9. The lowest BCUT2D eigenvalue weighted by atomic mass is 10.2. The molecule has 0 aliphatic heterocycles. The summed E-state index contributed by atoms with van der Waals surface area (Å²) in [6.45, 7) is 0.831. The van der Waals surface area contributed by atoms with E-state index in [1.54, 1.807) is 11.3 Å². The van der Waals surface area contributed by atoms with Crippen molar-refractivity contribution in [1.29, 1.82) is 0 Å². The number of nitrogens with zero attached hydrogens (tertiary/aromatic N) is 2. The molecule has 0 saturated heterocycles. The Morgan fingerprint density at radius 2 is 2.00 bits per heavy atom. The van der Waals surface area contributed by atoms with Crippen molar-refractivity contribution in [3.63, 3.8) is 0 Å². The first-order chi connectivity index (χ1) is 11.3. The molecule has 0 fully saturated rings. The molecule has 0 amide bonds. The minimum atomic E-state index is 0. The minimum Gasteiger partial charge on any atom is -0.356 e. The van der Waals surface area contributed by atoms with Crippen LogP contribution in [-0.4, -0.2) is 30.6 Å². The molecule has 1 aromatic heterocycles. The predicted molar refractivity (Wildman–Crippen MR) is 113 cm³/mol. The second kappa shape index (κ2) is 9.78. The van der Waals surface area contributed by atoms with Gasteiger partial charge in [0.1, 0.15) is 5.01 Å². The maximum Gasteiger partial charge on any atom is 0.191 e. The largest absolute Gasteiger partial charge is 0.356 e. The number of thiazole rings is 1. The molecule has 128 valence electrons. The molecule has 4 nitrogen and oxygen atoms in total. The Labute approximate surface area is 164 Å². The molecule has 0 saturated carbocycles. The van der Waals surface area contributed by atoms with E-state index in [-0.39, 0.29) is 24.0 Å². The van der Waals surface area contributed by atoms with Crippen LogP contribution in [0.2, 0.25) is 0 Å². The molecule has 0 spiro atoms. The zero-order chi connectivity index (χ0) is 15.9. The molecule has 2 aromatic rings. The van der Waals surface area contributed by atoms with Gasteiger partial charge in [-0.3, -0.25) is 4.99 Å². The molecule has 1 heterocycles. The topological polar surface area (TPSA) is 49.3 Å². The third kappa shape index (κ3) is 5.31. The summed E-state index contributed by atoms with van der Waals surface area (Å²) >= 11 is 1.70. The van der Waals surface area contributed by atoms with Crippen LogP contribution in [0.3, 0.4) is 0 Å². The number of guanidine groups is 1. The highest BCUT2D eigenvalue weighted by molar-refractivity contribution is 14.0. The van der Waals surface area contributed by atoms with Crippen LogP contribution in [0.1, 0.15) is 18.5 Å². The number of aliphatic imine (C=N–C) groups is 1. The van der Waals surface area contributed by atoms with Gasteiger partial charge in [-0.2, -0.15) is 0 Å². The van der Waals surface area contributed by atoms with E-state index in [1.807, 2.05) is 25.2 Å². The van der Waals surface area contributed by atoms with Crippen molar-refractivity contribution < 1.29 is 0 Å². The van der Waals surface area contributed by atoms with Gasteiger partial charge in [-0.15, -0.1) is 35.3 Å². The number of halogens is 1. The van der Waals surface area contributed by atoms with E-state index in [0.29, 0.717) is 6.04 Å². The molecule has 0 bridgehead atoms. The van der Waals surface area contributed by atoms with E-state index in [1.165, 1.54) is 5.56 Å². The second-order valence-electron chi connectivity index (χ2n) is 5.54. The molecule has 0 atom stereocenters. The summed E-state index contributed by atoms with van der Waals surface area (Å²) in [5, 5.41) is 10.0. The van der Waals surface area contributed by atoms with Crippen molar-refractivity contribution in [2.75, 3.05) is 13.6 Å². The lowest BCUT2D eigenvalue weighted by Gasteiger charge is -2.16. The standard InChI is InChI=1S/C18H22N4S.HI/c1-19-18(22-15-9-5-6-10-15)20-12-11-16-13-23-17(21-16)14-7-3-2-4-8-14;/h2-8,13,15H,9-12H2,1H3,(H2,19,20,22);1H. The average Bonchev–Trinajstić information content (AvgIpc) is 3.26. The van der Waals surface area contributed by atoms with Gasteiger partial charge in [0.25, 0.3) is 0 Å². The summed E-state index contributed by atoms with van der Waals surface area (Å²) in [6, 6.07) is 10.8. The number of hydrogen-bond donors (Lipinski definition) is 2. The minimum absolute atomic E-state index is 0. The van der Waals surface area contributed by atoms with E-state index in [0.717, 1.165) is 42.5 Å². The second-order valence-corrected chi connectivity index (χ2v) is 6.40. The monoisotopic (exact) mass is 454 g/mol. The van der Waals surface area contributed by atoms with Gasteiger partial charge in [0, 0.05) is 37.0 Å². The third-order valence-corrected chi connectivity index (χ3v) is 4.76. The molecule has 6 heteroatoms. The molecular formula is C18H23IN4S. The van der Waals surface area contributed by atoms with E-state index >= 15 is 0 Å². The summed E-state index contributed by atoms with van der Waals surface area (Å²) in [6.07, 6.45) is 7.48. The lowest BCUT2D eigenvalue weighted by Crippen LogP contribution is -2.43. The van der Waals surface area contributed by atoms with Crippen molar-refractivity contribution in [3.8, 4) is 10.6 Å². The van der Waals surface area contributed by atoms with Crippen molar-refractivity contribution in [2.45, 2.75) is 25.3 Å². The van der Waals surface area contributed by atoms with Crippen LogP contribution in [0.5, 0.6) is 0 Å². The molecule has 1 aliphatic rings. The molecule has 1 aliphatic carbocycles. The van der Waals surface area contributed by atoms with Crippen LogP contribution in [0, 0.1) is 0 Å². The Morgan fingerprint density at radius 3 is 2.71 bits per heavy atom. The number of aromatic nitrogens is 1. The van der Waals surface area contributed by atoms with Gasteiger partial charge in [0.05, 0.1) is 5.69 Å². The van der Waals surface area contributed by atoms with Gasteiger partial charge in [0.2, 0.25) is 0 Å². The molecular weight excluding hydrogens is 431 g/mol. The Bertz CT molecular complexity index is 673. The fraction of sp³-hybridized carbons (Fsp3) is 0.333. The van der Waals surface area contributed by atoms with Gasteiger partial charge in [-0.05, 0) is 12.8 Å². The van der Waals surface area contributed by atoms with Gasteiger partial charge in [-0.1, -0.05) is 42.5 Å². The normalized spacial score (nSPS) is 14.5. The Morgan fingerprint density at radius 1 is 1.25 bits per heavy atom. The summed E-state index contributed by atoms with van der Waals surface area (Å²) in [4.78, 5) is 9.00. The Kier molecular flexibility index (Phi) is 7.71. The van der Waals surface area contributed by atoms with Crippen molar-refractivity contribution >= 4 is 41.3 Å². The molecule has 24 heavy (non-hydrogen) atoms. The number of hydrogen-bond acceptors (Lipinski definition) is 3. The molecule has 0 unspecified atom stereocenters. The Hall–Kier alpha value is -1.41. The smallest absolute Gasteiger partial charge is 0.191 e. The van der Waals surface area contributed by atoms with Crippen LogP contribution < -0.4 is 10.6 Å². The predicted octanol–water partition coefficient (Wildman–Crippen LogP) is 3.85. The first kappa shape index (κ1) is 18.9. The van der Waals surface area contributed by atoms with Crippen molar-refractivity contribution in [3.05, 3.63) is 53.6 Å². The van der Waals surface area contributed by atoms with Crippen LogP contribution >= 0.6 is 35.3 Å². The van der Waals surface area contributed by atoms with Crippen LogP contribution in [-0.2, 0) is 6.42 Å². The third-order valence-electron chi connectivity index (χ3n) is 3.82. The van der Waals surface area contributed by atoms with Crippen LogP contribution in [0.15, 0.2) is 52.9 Å². The molecule has 2 N–H and O–H groups in total.